The lowest BCUT2D eigenvalue weighted by Crippen LogP contribution is -2.17. The minimum Gasteiger partial charge on any atom is -0.373 e. The van der Waals surface area contributed by atoms with Crippen LogP contribution in [0.15, 0.2) is 11.1 Å². The fourth-order valence-corrected chi connectivity index (χ4v) is 2.14. The smallest absolute Gasteiger partial charge is 0.137 e. The van der Waals surface area contributed by atoms with Crippen LogP contribution in [0.1, 0.15) is 46.9 Å². The van der Waals surface area contributed by atoms with Crippen molar-refractivity contribution in [3.63, 3.8) is 0 Å². The van der Waals surface area contributed by atoms with Gasteiger partial charge in [0.05, 0.1) is 0 Å². The summed E-state index contributed by atoms with van der Waals surface area (Å²) in [6.07, 6.45) is 1.15. The molecule has 0 aliphatic carbocycles. The highest BCUT2D eigenvalue weighted by molar-refractivity contribution is 7.99. The summed E-state index contributed by atoms with van der Waals surface area (Å²) in [7, 11) is 1.90. The van der Waals surface area contributed by atoms with Gasteiger partial charge < -0.3 is 5.32 Å². The molecule has 1 aromatic rings. The van der Waals surface area contributed by atoms with E-state index in [0.717, 1.165) is 23.1 Å². The average Bonchev–Trinajstić information content (AvgIpc) is 2.27. The summed E-state index contributed by atoms with van der Waals surface area (Å²) in [6, 6.07) is 2.02. The molecule has 0 aliphatic rings. The fourth-order valence-electron chi connectivity index (χ4n) is 1.24. The Bertz CT molecular complexity index is 371. The molecule has 96 valence electrons. The first-order valence-electron chi connectivity index (χ1n) is 6.10. The van der Waals surface area contributed by atoms with Gasteiger partial charge in [-0.15, -0.1) is 11.8 Å². The molecule has 0 spiro atoms. The zero-order valence-electron chi connectivity index (χ0n) is 11.7. The molecule has 1 atom stereocenters. The third kappa shape index (κ3) is 4.19. The van der Waals surface area contributed by atoms with Crippen LogP contribution in [-0.2, 0) is 5.41 Å². The molecular weight excluding hydrogens is 230 g/mol. The molecule has 0 saturated carbocycles. The van der Waals surface area contributed by atoms with Gasteiger partial charge in [-0.3, -0.25) is 0 Å². The molecule has 1 N–H and O–H groups in total. The van der Waals surface area contributed by atoms with E-state index in [-0.39, 0.29) is 5.41 Å². The Labute approximate surface area is 109 Å². The van der Waals surface area contributed by atoms with E-state index in [1.165, 1.54) is 0 Å². The van der Waals surface area contributed by atoms with Crippen molar-refractivity contribution in [2.45, 2.75) is 56.7 Å². The van der Waals surface area contributed by atoms with Crippen molar-refractivity contribution in [3.8, 4) is 0 Å². The Kier molecular flexibility index (Phi) is 4.80. The Morgan fingerprint density at radius 3 is 2.47 bits per heavy atom. The SMILES string of the molecule is CCC(C)Sc1cc(NC)nc(C(C)(C)C)n1. The van der Waals surface area contributed by atoms with Crippen LogP contribution in [0.3, 0.4) is 0 Å². The first kappa shape index (κ1) is 14.3. The Morgan fingerprint density at radius 1 is 1.35 bits per heavy atom. The van der Waals surface area contributed by atoms with Gasteiger partial charge in [-0.05, 0) is 6.42 Å². The summed E-state index contributed by atoms with van der Waals surface area (Å²) in [5, 5.41) is 4.75. The van der Waals surface area contributed by atoms with Gasteiger partial charge in [0.1, 0.15) is 16.7 Å². The maximum atomic E-state index is 4.65. The number of aromatic nitrogens is 2. The van der Waals surface area contributed by atoms with E-state index in [4.69, 9.17) is 0 Å². The number of thioether (sulfide) groups is 1. The molecule has 0 saturated heterocycles. The van der Waals surface area contributed by atoms with Gasteiger partial charge in [0, 0.05) is 23.8 Å². The predicted molar refractivity (Wildman–Crippen MR) is 75.9 cm³/mol. The van der Waals surface area contributed by atoms with Crippen molar-refractivity contribution in [2.75, 3.05) is 12.4 Å². The molecule has 1 rings (SSSR count). The van der Waals surface area contributed by atoms with Crippen LogP contribution in [0.25, 0.3) is 0 Å². The van der Waals surface area contributed by atoms with E-state index in [1.54, 1.807) is 0 Å². The first-order valence-corrected chi connectivity index (χ1v) is 6.98. The number of hydrogen-bond acceptors (Lipinski definition) is 4. The van der Waals surface area contributed by atoms with Crippen molar-refractivity contribution < 1.29 is 0 Å². The topological polar surface area (TPSA) is 37.8 Å². The lowest BCUT2D eigenvalue weighted by atomic mass is 9.96. The first-order chi connectivity index (χ1) is 7.86. The second-order valence-corrected chi connectivity index (χ2v) is 6.71. The molecule has 1 aromatic heterocycles. The summed E-state index contributed by atoms with van der Waals surface area (Å²) < 4.78 is 0. The molecular formula is C13H23N3S. The van der Waals surface area contributed by atoms with E-state index in [9.17, 15) is 0 Å². The third-order valence-corrected chi connectivity index (χ3v) is 3.71. The number of nitrogens with zero attached hydrogens (tertiary/aromatic N) is 2. The van der Waals surface area contributed by atoms with Crippen LogP contribution < -0.4 is 5.32 Å². The molecule has 4 heteroatoms. The molecule has 0 aromatic carbocycles. The molecule has 0 radical (unpaired) electrons. The number of nitrogens with one attached hydrogen (secondary N) is 1. The third-order valence-electron chi connectivity index (χ3n) is 2.53. The van der Waals surface area contributed by atoms with Gasteiger partial charge in [0.2, 0.25) is 0 Å². The fraction of sp³-hybridized carbons (Fsp3) is 0.692. The van der Waals surface area contributed by atoms with Crippen LogP contribution in [0, 0.1) is 0 Å². The van der Waals surface area contributed by atoms with Crippen molar-refractivity contribution in [3.05, 3.63) is 11.9 Å². The van der Waals surface area contributed by atoms with Crippen LogP contribution in [0.2, 0.25) is 0 Å². The van der Waals surface area contributed by atoms with Crippen LogP contribution in [0.4, 0.5) is 5.82 Å². The maximum Gasteiger partial charge on any atom is 0.137 e. The number of hydrogen-bond donors (Lipinski definition) is 1. The lowest BCUT2D eigenvalue weighted by molar-refractivity contribution is 0.539. The summed E-state index contributed by atoms with van der Waals surface area (Å²) in [6.45, 7) is 10.8. The Hall–Kier alpha value is -0.770. The summed E-state index contributed by atoms with van der Waals surface area (Å²) >= 11 is 1.81. The van der Waals surface area contributed by atoms with Gasteiger partial charge >= 0.3 is 0 Å². The molecule has 17 heavy (non-hydrogen) atoms. The van der Waals surface area contributed by atoms with E-state index in [1.807, 2.05) is 24.9 Å². The number of anilines is 1. The molecule has 1 unspecified atom stereocenters. The molecule has 0 amide bonds. The quantitative estimate of drug-likeness (QED) is 0.656. The Morgan fingerprint density at radius 2 is 2.00 bits per heavy atom. The minimum absolute atomic E-state index is 0.0162. The lowest BCUT2D eigenvalue weighted by Gasteiger charge is -2.19. The Balaban J connectivity index is 3.05. The van der Waals surface area contributed by atoms with E-state index >= 15 is 0 Å². The minimum atomic E-state index is -0.0162. The van der Waals surface area contributed by atoms with Gasteiger partial charge in [-0.2, -0.15) is 0 Å². The van der Waals surface area contributed by atoms with Crippen molar-refractivity contribution in [1.82, 2.24) is 9.97 Å². The highest BCUT2D eigenvalue weighted by Crippen LogP contribution is 2.28. The summed E-state index contributed by atoms with van der Waals surface area (Å²) in [4.78, 5) is 9.17. The van der Waals surface area contributed by atoms with E-state index in [0.29, 0.717) is 5.25 Å². The largest absolute Gasteiger partial charge is 0.373 e. The summed E-state index contributed by atoms with van der Waals surface area (Å²) in [5.74, 6) is 1.80. The zero-order chi connectivity index (χ0) is 13.1. The van der Waals surface area contributed by atoms with Crippen molar-refractivity contribution >= 4 is 17.6 Å². The second kappa shape index (κ2) is 5.71. The molecule has 3 nitrogen and oxygen atoms in total. The van der Waals surface area contributed by atoms with Gasteiger partial charge in [0.15, 0.2) is 0 Å². The summed E-state index contributed by atoms with van der Waals surface area (Å²) in [5.41, 5.74) is -0.0162. The molecule has 0 bridgehead atoms. The van der Waals surface area contributed by atoms with Crippen molar-refractivity contribution in [1.29, 1.82) is 0 Å². The molecule has 0 fully saturated rings. The molecule has 1 heterocycles. The highest BCUT2D eigenvalue weighted by atomic mass is 32.2. The zero-order valence-corrected chi connectivity index (χ0v) is 12.5. The van der Waals surface area contributed by atoms with Crippen LogP contribution in [-0.4, -0.2) is 22.3 Å². The van der Waals surface area contributed by atoms with Gasteiger partial charge in [-0.1, -0.05) is 34.6 Å². The van der Waals surface area contributed by atoms with Gasteiger partial charge in [0.25, 0.3) is 0 Å². The van der Waals surface area contributed by atoms with E-state index < -0.39 is 0 Å². The number of rotatable bonds is 4. The molecule has 0 aliphatic heterocycles. The monoisotopic (exact) mass is 253 g/mol. The van der Waals surface area contributed by atoms with Crippen molar-refractivity contribution in [2.24, 2.45) is 0 Å². The maximum absolute atomic E-state index is 4.65. The average molecular weight is 253 g/mol. The van der Waals surface area contributed by atoms with Crippen LogP contribution in [0.5, 0.6) is 0 Å². The van der Waals surface area contributed by atoms with Crippen LogP contribution >= 0.6 is 11.8 Å². The highest BCUT2D eigenvalue weighted by Gasteiger charge is 2.19. The standard InChI is InChI=1S/C13H23N3S/c1-7-9(2)17-11-8-10(14-6)15-12(16-11)13(3,4)5/h8-9H,7H2,1-6H3,(H,14,15,16). The normalized spacial score (nSPS) is 13.5. The van der Waals surface area contributed by atoms with Gasteiger partial charge in [-0.25, -0.2) is 9.97 Å². The van der Waals surface area contributed by atoms with E-state index in [2.05, 4.69) is 49.9 Å². The second-order valence-electron chi connectivity index (χ2n) is 5.25. The predicted octanol–water partition coefficient (Wildman–Crippen LogP) is 3.71.